The van der Waals surface area contributed by atoms with E-state index >= 15 is 0 Å². The molecular weight excluding hydrogens is 283 g/mol. The topological polar surface area (TPSA) is 46.3 Å². The number of nitrogens with two attached hydrogens (primary N) is 1. The summed E-state index contributed by atoms with van der Waals surface area (Å²) in [4.78, 5) is 13.1. The first-order valence-electron chi connectivity index (χ1n) is 6.47. The highest BCUT2D eigenvalue weighted by Crippen LogP contribution is 2.22. The van der Waals surface area contributed by atoms with Crippen LogP contribution in [-0.2, 0) is 11.3 Å². The number of hydrogen-bond acceptors (Lipinski definition) is 2. The molecule has 0 aliphatic rings. The van der Waals surface area contributed by atoms with Gasteiger partial charge < -0.3 is 5.73 Å². The highest BCUT2D eigenvalue weighted by Gasteiger charge is 2.11. The summed E-state index contributed by atoms with van der Waals surface area (Å²) >= 11 is 12.0. The molecule has 1 aromatic carbocycles. The maximum absolute atomic E-state index is 11.1. The van der Waals surface area contributed by atoms with Gasteiger partial charge in [-0.3, -0.25) is 9.69 Å². The van der Waals surface area contributed by atoms with Gasteiger partial charge >= 0.3 is 0 Å². The number of carbonyl (C=O) groups excluding carboxylic acids is 1. The molecule has 1 amide bonds. The van der Waals surface area contributed by atoms with E-state index in [1.54, 1.807) is 12.1 Å². The maximum Gasteiger partial charge on any atom is 0.231 e. The number of hydrogen-bond donors (Lipinski definition) is 1. The van der Waals surface area contributed by atoms with E-state index in [9.17, 15) is 4.79 Å². The lowest BCUT2D eigenvalue weighted by molar-refractivity contribution is -0.119. The van der Waals surface area contributed by atoms with Crippen LogP contribution in [0.3, 0.4) is 0 Å². The molecule has 0 fully saturated rings. The monoisotopic (exact) mass is 302 g/mol. The average Bonchev–Trinajstić information content (AvgIpc) is 2.32. The first kappa shape index (κ1) is 16.3. The fraction of sp³-hybridized carbons (Fsp3) is 0.500. The number of rotatable bonds is 8. The van der Waals surface area contributed by atoms with Crippen LogP contribution in [-0.4, -0.2) is 23.9 Å². The minimum absolute atomic E-state index is 0.253. The van der Waals surface area contributed by atoms with Crippen LogP contribution in [0.15, 0.2) is 18.2 Å². The normalized spacial score (nSPS) is 10.9. The zero-order chi connectivity index (χ0) is 14.3. The van der Waals surface area contributed by atoms with Crippen LogP contribution in [0.25, 0.3) is 0 Å². The van der Waals surface area contributed by atoms with E-state index in [0.29, 0.717) is 16.6 Å². The van der Waals surface area contributed by atoms with Crippen molar-refractivity contribution in [1.29, 1.82) is 0 Å². The summed E-state index contributed by atoms with van der Waals surface area (Å²) in [6.45, 7) is 3.86. The van der Waals surface area contributed by atoms with Gasteiger partial charge in [-0.1, -0.05) is 49.0 Å². The van der Waals surface area contributed by atoms with Crippen molar-refractivity contribution in [2.24, 2.45) is 5.73 Å². The standard InChI is InChI=1S/C14H20Cl2N2O/c1-2-3-4-7-18(10-14(17)19)9-11-5-6-12(15)8-13(11)16/h5-6,8H,2-4,7,9-10H2,1H3,(H2,17,19). The fourth-order valence-electron chi connectivity index (χ4n) is 1.91. The molecule has 0 bridgehead atoms. The van der Waals surface area contributed by atoms with Gasteiger partial charge in [0.2, 0.25) is 5.91 Å². The molecule has 0 aromatic heterocycles. The zero-order valence-corrected chi connectivity index (χ0v) is 12.7. The minimum Gasteiger partial charge on any atom is -0.369 e. The van der Waals surface area contributed by atoms with Crippen molar-refractivity contribution in [3.8, 4) is 0 Å². The Kier molecular flexibility index (Phi) is 7.21. The van der Waals surface area contributed by atoms with E-state index in [1.165, 1.54) is 0 Å². The SMILES string of the molecule is CCCCCN(CC(N)=O)Cc1ccc(Cl)cc1Cl. The number of unbranched alkanes of at least 4 members (excludes halogenated alkanes) is 2. The third-order valence-corrected chi connectivity index (χ3v) is 3.45. The lowest BCUT2D eigenvalue weighted by Crippen LogP contribution is -2.34. The molecule has 2 N–H and O–H groups in total. The molecule has 3 nitrogen and oxygen atoms in total. The molecule has 5 heteroatoms. The van der Waals surface area contributed by atoms with Gasteiger partial charge in [-0.05, 0) is 30.7 Å². The van der Waals surface area contributed by atoms with Gasteiger partial charge in [0.05, 0.1) is 6.54 Å². The number of amides is 1. The Bertz CT molecular complexity index is 424. The van der Waals surface area contributed by atoms with Crippen molar-refractivity contribution in [3.05, 3.63) is 33.8 Å². The fourth-order valence-corrected chi connectivity index (χ4v) is 2.38. The Labute approximate surface area is 124 Å². The molecule has 0 radical (unpaired) electrons. The van der Waals surface area contributed by atoms with Gasteiger partial charge in [-0.15, -0.1) is 0 Å². The molecule has 0 atom stereocenters. The lowest BCUT2D eigenvalue weighted by atomic mass is 10.2. The van der Waals surface area contributed by atoms with Crippen molar-refractivity contribution >= 4 is 29.1 Å². The quantitative estimate of drug-likeness (QED) is 0.747. The van der Waals surface area contributed by atoms with E-state index in [1.807, 2.05) is 11.0 Å². The summed E-state index contributed by atoms with van der Waals surface area (Å²) < 4.78 is 0. The molecule has 0 saturated carbocycles. The Morgan fingerprint density at radius 1 is 1.32 bits per heavy atom. The van der Waals surface area contributed by atoms with Gasteiger partial charge in [0.1, 0.15) is 0 Å². The van der Waals surface area contributed by atoms with Crippen molar-refractivity contribution in [2.45, 2.75) is 32.7 Å². The van der Waals surface area contributed by atoms with Crippen molar-refractivity contribution in [1.82, 2.24) is 4.90 Å². The molecule has 1 rings (SSSR count). The molecule has 0 aliphatic carbocycles. The number of nitrogens with zero attached hydrogens (tertiary/aromatic N) is 1. The predicted molar refractivity (Wildman–Crippen MR) is 80.5 cm³/mol. The number of benzene rings is 1. The molecule has 0 heterocycles. The Morgan fingerprint density at radius 3 is 2.63 bits per heavy atom. The number of primary amides is 1. The molecule has 19 heavy (non-hydrogen) atoms. The summed E-state index contributed by atoms with van der Waals surface area (Å²) in [5.74, 6) is -0.318. The average molecular weight is 303 g/mol. The summed E-state index contributed by atoms with van der Waals surface area (Å²) in [6, 6.07) is 5.41. The summed E-state index contributed by atoms with van der Waals surface area (Å²) in [6.07, 6.45) is 3.34. The lowest BCUT2D eigenvalue weighted by Gasteiger charge is -2.21. The number of carbonyl (C=O) groups is 1. The largest absolute Gasteiger partial charge is 0.369 e. The Morgan fingerprint density at radius 2 is 2.05 bits per heavy atom. The molecule has 106 valence electrons. The van der Waals surface area contributed by atoms with Crippen molar-refractivity contribution < 1.29 is 4.79 Å². The second-order valence-corrected chi connectivity index (χ2v) is 5.46. The molecule has 0 saturated heterocycles. The van der Waals surface area contributed by atoms with Gasteiger partial charge in [0, 0.05) is 16.6 Å². The summed E-state index contributed by atoms with van der Waals surface area (Å²) in [7, 11) is 0. The molecule has 0 aliphatic heterocycles. The van der Waals surface area contributed by atoms with E-state index in [2.05, 4.69) is 6.92 Å². The van der Waals surface area contributed by atoms with Gasteiger partial charge in [0.15, 0.2) is 0 Å². The van der Waals surface area contributed by atoms with Crippen LogP contribution in [0.4, 0.5) is 0 Å². The van der Waals surface area contributed by atoms with E-state index in [-0.39, 0.29) is 12.5 Å². The predicted octanol–water partition coefficient (Wildman–Crippen LogP) is 3.47. The summed E-state index contributed by atoms with van der Waals surface area (Å²) in [5.41, 5.74) is 6.24. The maximum atomic E-state index is 11.1. The summed E-state index contributed by atoms with van der Waals surface area (Å²) in [5, 5.41) is 1.23. The van der Waals surface area contributed by atoms with Crippen LogP contribution in [0.5, 0.6) is 0 Å². The molecular formula is C14H20Cl2N2O. The van der Waals surface area contributed by atoms with Crippen molar-refractivity contribution in [3.63, 3.8) is 0 Å². The van der Waals surface area contributed by atoms with Crippen LogP contribution in [0, 0.1) is 0 Å². The Balaban J connectivity index is 2.66. The second-order valence-electron chi connectivity index (χ2n) is 4.62. The zero-order valence-electron chi connectivity index (χ0n) is 11.2. The van der Waals surface area contributed by atoms with E-state index < -0.39 is 0 Å². The first-order valence-corrected chi connectivity index (χ1v) is 7.23. The first-order chi connectivity index (χ1) is 9.02. The molecule has 0 unspecified atom stereocenters. The highest BCUT2D eigenvalue weighted by molar-refractivity contribution is 6.35. The van der Waals surface area contributed by atoms with E-state index in [0.717, 1.165) is 31.4 Å². The van der Waals surface area contributed by atoms with Gasteiger partial charge in [0.25, 0.3) is 0 Å². The molecule has 1 aromatic rings. The Hall–Kier alpha value is -0.770. The van der Waals surface area contributed by atoms with Crippen LogP contribution < -0.4 is 5.73 Å². The smallest absolute Gasteiger partial charge is 0.231 e. The minimum atomic E-state index is -0.318. The van der Waals surface area contributed by atoms with Crippen molar-refractivity contribution in [2.75, 3.05) is 13.1 Å². The highest BCUT2D eigenvalue weighted by atomic mass is 35.5. The third kappa shape index (κ3) is 6.28. The molecule has 0 spiro atoms. The van der Waals surface area contributed by atoms with Crippen LogP contribution in [0.2, 0.25) is 10.0 Å². The van der Waals surface area contributed by atoms with Gasteiger partial charge in [-0.25, -0.2) is 0 Å². The number of halogens is 2. The van der Waals surface area contributed by atoms with E-state index in [4.69, 9.17) is 28.9 Å². The third-order valence-electron chi connectivity index (χ3n) is 2.87. The van der Waals surface area contributed by atoms with Crippen LogP contribution >= 0.6 is 23.2 Å². The van der Waals surface area contributed by atoms with Gasteiger partial charge in [-0.2, -0.15) is 0 Å². The second kappa shape index (κ2) is 8.41. The van der Waals surface area contributed by atoms with Crippen LogP contribution in [0.1, 0.15) is 31.7 Å².